The Hall–Kier alpha value is -2.46. The van der Waals surface area contributed by atoms with Gasteiger partial charge in [0.15, 0.2) is 0 Å². The molecule has 31 heavy (non-hydrogen) atoms. The van der Waals surface area contributed by atoms with E-state index in [0.717, 1.165) is 21.9 Å². The average Bonchev–Trinajstić information content (AvgIpc) is 3.46. The zero-order chi connectivity index (χ0) is 21.4. The Balaban J connectivity index is 1.41. The van der Waals surface area contributed by atoms with Gasteiger partial charge in [-0.15, -0.1) is 11.8 Å². The van der Waals surface area contributed by atoms with E-state index in [1.165, 1.54) is 16.2 Å². The summed E-state index contributed by atoms with van der Waals surface area (Å²) in [7, 11) is 0. The molecule has 7 unspecified atom stereocenters. The molecule has 4 heterocycles. The number of carboxylic acid groups (broad SMARTS) is 1. The molecular weight excluding hydrogens is 438 g/mol. The van der Waals surface area contributed by atoms with E-state index in [1.807, 2.05) is 18.3 Å². The fourth-order valence-corrected chi connectivity index (χ4v) is 9.33. The van der Waals surface area contributed by atoms with Crippen molar-refractivity contribution in [3.8, 4) is 0 Å². The number of rotatable bonds is 4. The van der Waals surface area contributed by atoms with E-state index >= 15 is 0 Å². The van der Waals surface area contributed by atoms with E-state index < -0.39 is 5.97 Å². The number of carbonyl (C=O) groups is 3. The van der Waals surface area contributed by atoms with E-state index in [9.17, 15) is 19.2 Å². The van der Waals surface area contributed by atoms with Crippen LogP contribution < -0.4 is 4.87 Å². The third kappa shape index (κ3) is 2.64. The molecule has 2 bridgehead atoms. The van der Waals surface area contributed by atoms with Crippen molar-refractivity contribution in [2.24, 2.45) is 29.6 Å². The molecule has 2 N–H and O–H groups in total. The molecule has 2 amide bonds. The second kappa shape index (κ2) is 6.77. The molecule has 6 rings (SSSR count). The average molecular weight is 458 g/mol. The normalized spacial score (nSPS) is 35.2. The highest BCUT2D eigenvalue weighted by Gasteiger charge is 2.69. The fourth-order valence-electron chi connectivity index (χ4n) is 6.44. The summed E-state index contributed by atoms with van der Waals surface area (Å²) in [5, 5.41) is 10.0. The van der Waals surface area contributed by atoms with Crippen LogP contribution in [-0.2, 0) is 14.4 Å². The summed E-state index contributed by atoms with van der Waals surface area (Å²) < 4.78 is 0. The lowest BCUT2D eigenvalue weighted by atomic mass is 9.68. The van der Waals surface area contributed by atoms with E-state index in [1.54, 1.807) is 18.0 Å². The first-order valence-corrected chi connectivity index (χ1v) is 12.0. The van der Waals surface area contributed by atoms with Crippen LogP contribution in [0.15, 0.2) is 34.3 Å². The highest BCUT2D eigenvalue weighted by Crippen LogP contribution is 2.68. The SMILES string of the molecule is O=C(O)CCN1C(=O)C2C3CC(C2C1=O)C1C(c2cccnc2)c2sc(=O)[nH]c2SC31. The maximum absolute atomic E-state index is 13.2. The molecule has 2 aliphatic heterocycles. The Morgan fingerprint density at radius 2 is 2.00 bits per heavy atom. The van der Waals surface area contributed by atoms with Gasteiger partial charge in [-0.05, 0) is 35.8 Å². The molecule has 3 fully saturated rings. The quantitative estimate of drug-likeness (QED) is 0.672. The smallest absolute Gasteiger partial charge is 0.305 e. The van der Waals surface area contributed by atoms with E-state index in [4.69, 9.17) is 5.11 Å². The van der Waals surface area contributed by atoms with Crippen molar-refractivity contribution in [3.05, 3.63) is 44.6 Å². The summed E-state index contributed by atoms with van der Waals surface area (Å²) in [4.78, 5) is 58.8. The van der Waals surface area contributed by atoms with Crippen molar-refractivity contribution in [1.29, 1.82) is 0 Å². The summed E-state index contributed by atoms with van der Waals surface area (Å²) in [6.45, 7) is -0.0609. The van der Waals surface area contributed by atoms with E-state index in [-0.39, 0.29) is 70.4 Å². The van der Waals surface area contributed by atoms with Crippen LogP contribution in [0.4, 0.5) is 0 Å². The van der Waals surface area contributed by atoms with Gasteiger partial charge in [0, 0.05) is 35.0 Å². The third-order valence-electron chi connectivity index (χ3n) is 7.41. The van der Waals surface area contributed by atoms with Crippen LogP contribution in [0.25, 0.3) is 0 Å². The van der Waals surface area contributed by atoms with Crippen molar-refractivity contribution in [2.45, 2.75) is 29.0 Å². The number of nitrogens with zero attached hydrogens (tertiary/aromatic N) is 2. The Bertz CT molecular complexity index is 1160. The molecule has 160 valence electrons. The van der Waals surface area contributed by atoms with Crippen LogP contribution in [0.1, 0.15) is 29.2 Å². The first-order chi connectivity index (χ1) is 15.0. The van der Waals surface area contributed by atoms with Gasteiger partial charge in [0.2, 0.25) is 11.8 Å². The largest absolute Gasteiger partial charge is 0.481 e. The van der Waals surface area contributed by atoms with Gasteiger partial charge < -0.3 is 10.1 Å². The molecule has 2 aromatic heterocycles. The van der Waals surface area contributed by atoms with Crippen molar-refractivity contribution in [1.82, 2.24) is 14.9 Å². The van der Waals surface area contributed by atoms with Crippen LogP contribution in [0.3, 0.4) is 0 Å². The molecule has 0 spiro atoms. The van der Waals surface area contributed by atoms with Gasteiger partial charge in [0.1, 0.15) is 0 Å². The number of aliphatic carboxylic acids is 1. The summed E-state index contributed by atoms with van der Waals surface area (Å²) >= 11 is 2.86. The van der Waals surface area contributed by atoms with Crippen LogP contribution in [-0.4, -0.2) is 49.6 Å². The van der Waals surface area contributed by atoms with Gasteiger partial charge in [0.05, 0.1) is 23.3 Å². The molecule has 2 saturated carbocycles. The topological polar surface area (TPSA) is 120 Å². The van der Waals surface area contributed by atoms with Gasteiger partial charge in [-0.25, -0.2) is 0 Å². The Labute approximate surface area is 185 Å². The Morgan fingerprint density at radius 3 is 2.71 bits per heavy atom. The monoisotopic (exact) mass is 457 g/mol. The molecule has 8 nitrogen and oxygen atoms in total. The molecule has 2 aromatic rings. The minimum Gasteiger partial charge on any atom is -0.481 e. The number of thiazole rings is 1. The molecule has 1 saturated heterocycles. The van der Waals surface area contributed by atoms with Crippen LogP contribution >= 0.6 is 23.1 Å². The van der Waals surface area contributed by atoms with Crippen LogP contribution in [0.5, 0.6) is 0 Å². The second-order valence-electron chi connectivity index (χ2n) is 8.72. The number of nitrogens with one attached hydrogen (secondary N) is 1. The predicted molar refractivity (Wildman–Crippen MR) is 112 cm³/mol. The number of carbonyl (C=O) groups excluding carboxylic acids is 2. The standard InChI is InChI=1S/C21H19N3O5S2/c25-11(26)3-5-24-19(27)14-9-6-10(15(14)20(24)28)16-13(9)12(8-2-1-4-22-7-8)17-18(30-16)23-21(29)31-17/h1-2,4,7,9-10,12-16H,3,5-6H2,(H,23,29)(H,25,26). The number of likely N-dealkylation sites (tertiary alicyclic amines) is 1. The number of H-pyrrole nitrogens is 1. The van der Waals surface area contributed by atoms with Crippen LogP contribution in [0, 0.1) is 29.6 Å². The number of fused-ring (bicyclic) bond motifs is 9. The van der Waals surface area contributed by atoms with Gasteiger partial charge >= 0.3 is 10.8 Å². The summed E-state index contributed by atoms with van der Waals surface area (Å²) in [5.74, 6) is -2.03. The summed E-state index contributed by atoms with van der Waals surface area (Å²) in [5.41, 5.74) is 1.03. The predicted octanol–water partition coefficient (Wildman–Crippen LogP) is 1.78. The lowest BCUT2D eigenvalue weighted by Gasteiger charge is -2.42. The number of aromatic nitrogens is 2. The van der Waals surface area contributed by atoms with Gasteiger partial charge in [0.25, 0.3) is 0 Å². The van der Waals surface area contributed by atoms with Crippen LogP contribution in [0.2, 0.25) is 0 Å². The molecule has 0 aromatic carbocycles. The Morgan fingerprint density at radius 1 is 1.23 bits per heavy atom. The van der Waals surface area contributed by atoms with Crippen molar-refractivity contribution < 1.29 is 19.5 Å². The minimum atomic E-state index is -1.02. The van der Waals surface area contributed by atoms with Gasteiger partial charge in [-0.3, -0.25) is 29.1 Å². The molecule has 2 aliphatic carbocycles. The van der Waals surface area contributed by atoms with Crippen molar-refractivity contribution in [2.75, 3.05) is 6.54 Å². The number of hydrogen-bond donors (Lipinski definition) is 2. The van der Waals surface area contributed by atoms with Crippen molar-refractivity contribution in [3.63, 3.8) is 0 Å². The number of pyridine rings is 1. The molecular formula is C21H19N3O5S2. The fraction of sp³-hybridized carbons (Fsp3) is 0.476. The molecule has 10 heteroatoms. The first-order valence-electron chi connectivity index (χ1n) is 10.3. The maximum atomic E-state index is 13.2. The van der Waals surface area contributed by atoms with Crippen molar-refractivity contribution >= 4 is 40.9 Å². The zero-order valence-electron chi connectivity index (χ0n) is 16.3. The zero-order valence-corrected chi connectivity index (χ0v) is 17.9. The number of aromatic amines is 1. The second-order valence-corrected chi connectivity index (χ2v) is 10.9. The van der Waals surface area contributed by atoms with E-state index in [2.05, 4.69) is 9.97 Å². The first kappa shape index (κ1) is 19.2. The Kier molecular flexibility index (Phi) is 4.20. The maximum Gasteiger partial charge on any atom is 0.305 e. The third-order valence-corrected chi connectivity index (χ3v) is 10.00. The summed E-state index contributed by atoms with van der Waals surface area (Å²) in [6.07, 6.45) is 4.13. The van der Waals surface area contributed by atoms with E-state index in [0.29, 0.717) is 0 Å². The summed E-state index contributed by atoms with van der Waals surface area (Å²) in [6, 6.07) is 3.90. The number of carboxylic acids is 1. The van der Waals surface area contributed by atoms with Gasteiger partial charge in [-0.2, -0.15) is 0 Å². The molecule has 4 aliphatic rings. The number of amides is 2. The van der Waals surface area contributed by atoms with Gasteiger partial charge in [-0.1, -0.05) is 17.4 Å². The number of imide groups is 1. The lowest BCUT2D eigenvalue weighted by Crippen LogP contribution is -2.42. The molecule has 7 atom stereocenters. The highest BCUT2D eigenvalue weighted by atomic mass is 32.2. The number of thioether (sulfide) groups is 1. The highest BCUT2D eigenvalue weighted by molar-refractivity contribution is 8.00. The molecule has 0 radical (unpaired) electrons. The minimum absolute atomic E-state index is 0.0363. The number of hydrogen-bond acceptors (Lipinski definition) is 7. The lowest BCUT2D eigenvalue weighted by molar-refractivity contribution is -0.142.